The minimum absolute atomic E-state index is 0.0457. The van der Waals surface area contributed by atoms with Crippen molar-refractivity contribution >= 4 is 11.7 Å². The Morgan fingerprint density at radius 1 is 1.50 bits per heavy atom. The van der Waals surface area contributed by atoms with Gasteiger partial charge in [-0.25, -0.2) is 4.79 Å². The first-order chi connectivity index (χ1) is 7.52. The summed E-state index contributed by atoms with van der Waals surface area (Å²) >= 11 is 0. The molecule has 0 aliphatic rings. The molecule has 16 heavy (non-hydrogen) atoms. The van der Waals surface area contributed by atoms with Crippen LogP contribution >= 0.6 is 0 Å². The van der Waals surface area contributed by atoms with Gasteiger partial charge < -0.3 is 20.3 Å². The van der Waals surface area contributed by atoms with Crippen LogP contribution in [0.1, 0.15) is 17.3 Å². The minimum Gasteiger partial charge on any atom is -0.497 e. The molecular weight excluding hydrogens is 210 g/mol. The molecule has 3 N–H and O–H groups in total. The van der Waals surface area contributed by atoms with E-state index in [0.717, 1.165) is 0 Å². The van der Waals surface area contributed by atoms with Gasteiger partial charge >= 0.3 is 5.97 Å². The quantitative estimate of drug-likeness (QED) is 0.585. The van der Waals surface area contributed by atoms with E-state index in [1.807, 2.05) is 0 Å². The van der Waals surface area contributed by atoms with E-state index in [1.165, 1.54) is 26.2 Å². The van der Waals surface area contributed by atoms with Gasteiger partial charge in [0.15, 0.2) is 0 Å². The number of anilines is 1. The number of ether oxygens (including phenoxy) is 2. The van der Waals surface area contributed by atoms with Gasteiger partial charge in [0.25, 0.3) is 0 Å². The summed E-state index contributed by atoms with van der Waals surface area (Å²) in [5.41, 5.74) is 6.31. The first-order valence-corrected chi connectivity index (χ1v) is 4.82. The van der Waals surface area contributed by atoms with Gasteiger partial charge in [0, 0.05) is 11.8 Å². The number of aliphatic hydroxyl groups is 1. The number of carbonyl (C=O) groups excluding carboxylic acids is 1. The second-order valence-corrected chi connectivity index (χ2v) is 3.44. The first kappa shape index (κ1) is 12.3. The molecule has 0 saturated carbocycles. The summed E-state index contributed by atoms with van der Waals surface area (Å²) in [6.45, 7) is 1.49. The number of hydrogen-bond donors (Lipinski definition) is 2. The molecule has 1 aromatic rings. The van der Waals surface area contributed by atoms with Crippen LogP contribution in [0, 0.1) is 0 Å². The van der Waals surface area contributed by atoms with Crippen molar-refractivity contribution in [3.63, 3.8) is 0 Å². The zero-order valence-electron chi connectivity index (χ0n) is 9.27. The number of nitrogen functional groups attached to an aromatic ring is 1. The zero-order valence-corrected chi connectivity index (χ0v) is 9.27. The van der Waals surface area contributed by atoms with Crippen LogP contribution in [0.2, 0.25) is 0 Å². The van der Waals surface area contributed by atoms with Crippen LogP contribution < -0.4 is 10.5 Å². The highest BCUT2D eigenvalue weighted by Gasteiger charge is 2.10. The number of benzene rings is 1. The molecule has 88 valence electrons. The monoisotopic (exact) mass is 225 g/mol. The fourth-order valence-corrected chi connectivity index (χ4v) is 1.14. The van der Waals surface area contributed by atoms with Crippen molar-refractivity contribution in [1.82, 2.24) is 0 Å². The van der Waals surface area contributed by atoms with E-state index < -0.39 is 12.1 Å². The highest BCUT2D eigenvalue weighted by atomic mass is 16.5. The van der Waals surface area contributed by atoms with Crippen molar-refractivity contribution < 1.29 is 19.4 Å². The van der Waals surface area contributed by atoms with Crippen LogP contribution in [0.3, 0.4) is 0 Å². The standard InChI is InChI=1S/C11H15NO4/c1-7(13)6-16-11(14)8-3-9(12)5-10(4-8)15-2/h3-5,7,13H,6,12H2,1-2H3. The summed E-state index contributed by atoms with van der Waals surface area (Å²) in [4.78, 5) is 11.5. The van der Waals surface area contributed by atoms with Crippen molar-refractivity contribution in [1.29, 1.82) is 0 Å². The molecule has 0 radical (unpaired) electrons. The van der Waals surface area contributed by atoms with Gasteiger partial charge in [-0.3, -0.25) is 0 Å². The Balaban J connectivity index is 2.78. The lowest BCUT2D eigenvalue weighted by Gasteiger charge is -2.08. The number of nitrogens with two attached hydrogens (primary N) is 1. The summed E-state index contributed by atoms with van der Waals surface area (Å²) < 4.78 is 9.82. The normalized spacial score (nSPS) is 11.9. The molecule has 0 heterocycles. The maximum Gasteiger partial charge on any atom is 0.338 e. The fourth-order valence-electron chi connectivity index (χ4n) is 1.14. The van der Waals surface area contributed by atoms with E-state index >= 15 is 0 Å². The number of hydrogen-bond acceptors (Lipinski definition) is 5. The third-order valence-corrected chi connectivity index (χ3v) is 1.86. The number of aliphatic hydroxyl groups excluding tert-OH is 1. The van der Waals surface area contributed by atoms with E-state index in [1.54, 1.807) is 6.07 Å². The SMILES string of the molecule is COc1cc(N)cc(C(=O)OCC(C)O)c1. The van der Waals surface area contributed by atoms with Gasteiger partial charge in [0.2, 0.25) is 0 Å². The average molecular weight is 225 g/mol. The molecule has 5 nitrogen and oxygen atoms in total. The Kier molecular flexibility index (Phi) is 4.13. The van der Waals surface area contributed by atoms with E-state index in [-0.39, 0.29) is 6.61 Å². The molecule has 1 rings (SSSR count). The molecule has 0 aliphatic heterocycles. The predicted molar refractivity (Wildman–Crippen MR) is 59.4 cm³/mol. The van der Waals surface area contributed by atoms with E-state index in [0.29, 0.717) is 17.0 Å². The minimum atomic E-state index is -0.688. The molecule has 1 aromatic carbocycles. The number of methoxy groups -OCH3 is 1. The maximum atomic E-state index is 11.5. The van der Waals surface area contributed by atoms with Crippen molar-refractivity contribution in [3.05, 3.63) is 23.8 Å². The van der Waals surface area contributed by atoms with Crippen molar-refractivity contribution in [3.8, 4) is 5.75 Å². The third kappa shape index (κ3) is 3.43. The lowest BCUT2D eigenvalue weighted by molar-refractivity contribution is 0.0296. The summed E-state index contributed by atoms with van der Waals surface area (Å²) in [7, 11) is 1.49. The molecule has 0 bridgehead atoms. The number of rotatable bonds is 4. The molecule has 1 atom stereocenters. The Morgan fingerprint density at radius 3 is 2.75 bits per heavy atom. The average Bonchev–Trinajstić information content (AvgIpc) is 2.24. The maximum absolute atomic E-state index is 11.5. The van der Waals surface area contributed by atoms with Crippen LogP contribution in [0.25, 0.3) is 0 Å². The van der Waals surface area contributed by atoms with E-state index in [2.05, 4.69) is 0 Å². The first-order valence-electron chi connectivity index (χ1n) is 4.82. The van der Waals surface area contributed by atoms with Gasteiger partial charge in [-0.1, -0.05) is 0 Å². The third-order valence-electron chi connectivity index (χ3n) is 1.86. The summed E-state index contributed by atoms with van der Waals surface area (Å²) in [6.07, 6.45) is -0.688. The highest BCUT2D eigenvalue weighted by Crippen LogP contribution is 2.19. The Bertz CT molecular complexity index is 376. The largest absolute Gasteiger partial charge is 0.497 e. The molecule has 0 aromatic heterocycles. The van der Waals surface area contributed by atoms with Gasteiger partial charge in [-0.05, 0) is 19.1 Å². The Morgan fingerprint density at radius 2 is 2.19 bits per heavy atom. The van der Waals surface area contributed by atoms with Crippen LogP contribution in [0.4, 0.5) is 5.69 Å². The molecule has 1 unspecified atom stereocenters. The second-order valence-electron chi connectivity index (χ2n) is 3.44. The zero-order chi connectivity index (χ0) is 12.1. The van der Waals surface area contributed by atoms with Crippen molar-refractivity contribution in [2.24, 2.45) is 0 Å². The lowest BCUT2D eigenvalue weighted by atomic mass is 10.2. The summed E-state index contributed by atoms with van der Waals surface area (Å²) in [6, 6.07) is 4.62. The molecule has 0 saturated heterocycles. The topological polar surface area (TPSA) is 81.8 Å². The second kappa shape index (κ2) is 5.37. The molecule has 0 spiro atoms. The van der Waals surface area contributed by atoms with Crippen molar-refractivity contribution in [2.45, 2.75) is 13.0 Å². The predicted octanol–water partition coefficient (Wildman–Crippen LogP) is 0.815. The number of carbonyl (C=O) groups is 1. The smallest absolute Gasteiger partial charge is 0.338 e. The molecule has 0 amide bonds. The van der Waals surface area contributed by atoms with Gasteiger partial charge in [0.1, 0.15) is 12.4 Å². The van der Waals surface area contributed by atoms with Crippen molar-refractivity contribution in [2.75, 3.05) is 19.5 Å². The van der Waals surface area contributed by atoms with Crippen LogP contribution in [0.15, 0.2) is 18.2 Å². The lowest BCUT2D eigenvalue weighted by Crippen LogP contribution is -2.15. The van der Waals surface area contributed by atoms with E-state index in [4.69, 9.17) is 20.3 Å². The number of esters is 1. The van der Waals surface area contributed by atoms with E-state index in [9.17, 15) is 4.79 Å². The van der Waals surface area contributed by atoms with Gasteiger partial charge in [-0.15, -0.1) is 0 Å². The summed E-state index contributed by atoms with van der Waals surface area (Å²) in [5, 5.41) is 8.98. The molecule has 0 aliphatic carbocycles. The molecular formula is C11H15NO4. The molecule has 5 heteroatoms. The summed E-state index contributed by atoms with van der Waals surface area (Å²) in [5.74, 6) is -0.0458. The van der Waals surface area contributed by atoms with Gasteiger partial charge in [-0.2, -0.15) is 0 Å². The molecule has 0 fully saturated rings. The fraction of sp³-hybridized carbons (Fsp3) is 0.364. The van der Waals surface area contributed by atoms with Gasteiger partial charge in [0.05, 0.1) is 18.8 Å². The van der Waals surface area contributed by atoms with Crippen LogP contribution in [0.5, 0.6) is 5.75 Å². The highest BCUT2D eigenvalue weighted by molar-refractivity contribution is 5.91. The van der Waals surface area contributed by atoms with Crippen LogP contribution in [-0.2, 0) is 4.74 Å². The Labute approximate surface area is 93.8 Å². The van der Waals surface area contributed by atoms with Crippen LogP contribution in [-0.4, -0.2) is 30.9 Å². The Hall–Kier alpha value is -1.75.